The molecule has 2 nitrogen and oxygen atoms in total. The van der Waals surface area contributed by atoms with Crippen LogP contribution in [-0.4, -0.2) is 0 Å². The van der Waals surface area contributed by atoms with Crippen LogP contribution in [0.1, 0.15) is 12.5 Å². The second-order valence-electron chi connectivity index (χ2n) is 5.17. The number of nitrogens with one attached hydrogen (secondary N) is 1. The summed E-state index contributed by atoms with van der Waals surface area (Å²) in [7, 11) is 0. The molecule has 0 saturated carbocycles. The Morgan fingerprint density at radius 2 is 1.70 bits per heavy atom. The Labute approximate surface area is 156 Å². The molecule has 1 aromatic heterocycles. The van der Waals surface area contributed by atoms with Crippen molar-refractivity contribution in [2.45, 2.75) is 20.4 Å². The first-order valence-corrected chi connectivity index (χ1v) is 8.54. The lowest BCUT2D eigenvalue weighted by molar-refractivity contribution is -0.664. The summed E-state index contributed by atoms with van der Waals surface area (Å²) < 4.78 is 2.29. The van der Waals surface area contributed by atoms with E-state index in [0.717, 1.165) is 22.4 Å². The molecule has 120 valence electrons. The van der Waals surface area contributed by atoms with Crippen LogP contribution in [0.15, 0.2) is 53.9 Å². The molecule has 0 aliphatic carbocycles. The molecule has 0 fully saturated rings. The summed E-state index contributed by atoms with van der Waals surface area (Å²) in [6, 6.07) is 16.4. The van der Waals surface area contributed by atoms with E-state index in [1.807, 2.05) is 12.1 Å². The maximum absolute atomic E-state index is 5.98. The van der Waals surface area contributed by atoms with Crippen LogP contribution >= 0.6 is 22.9 Å². The van der Waals surface area contributed by atoms with Gasteiger partial charge in [0.2, 0.25) is 0 Å². The molecule has 0 amide bonds. The van der Waals surface area contributed by atoms with Gasteiger partial charge < -0.3 is 17.0 Å². The molecular formula is C18H18BrClN2S. The number of hydrogen-bond acceptors (Lipinski definition) is 2. The van der Waals surface area contributed by atoms with Crippen molar-refractivity contribution in [1.82, 2.24) is 0 Å². The zero-order chi connectivity index (χ0) is 15.5. The number of benzene rings is 2. The average Bonchev–Trinajstić information content (AvgIpc) is 2.93. The SMILES string of the molecule is CC[n+]1c(-c2ccc(Cl)cc2)csc1Nc1ccc(C)cc1.[Br-]. The van der Waals surface area contributed by atoms with Gasteiger partial charge >= 0.3 is 5.13 Å². The Kier molecular flexibility index (Phi) is 6.22. The zero-order valence-corrected chi connectivity index (χ0v) is 16.2. The van der Waals surface area contributed by atoms with Crippen molar-refractivity contribution < 1.29 is 21.5 Å². The third-order valence-electron chi connectivity index (χ3n) is 3.58. The van der Waals surface area contributed by atoms with Gasteiger partial charge in [0.25, 0.3) is 0 Å². The number of rotatable bonds is 4. The lowest BCUT2D eigenvalue weighted by Crippen LogP contribution is -3.00. The second-order valence-corrected chi connectivity index (χ2v) is 6.46. The molecule has 0 atom stereocenters. The van der Waals surface area contributed by atoms with Crippen LogP contribution in [-0.2, 0) is 6.54 Å². The molecular weight excluding hydrogens is 392 g/mol. The monoisotopic (exact) mass is 408 g/mol. The van der Waals surface area contributed by atoms with E-state index in [-0.39, 0.29) is 17.0 Å². The van der Waals surface area contributed by atoms with E-state index in [1.54, 1.807) is 11.3 Å². The van der Waals surface area contributed by atoms with Crippen molar-refractivity contribution in [3.8, 4) is 11.3 Å². The molecule has 0 spiro atoms. The summed E-state index contributed by atoms with van der Waals surface area (Å²) in [4.78, 5) is 0. The van der Waals surface area contributed by atoms with Crippen molar-refractivity contribution in [1.29, 1.82) is 0 Å². The Balaban J connectivity index is 0.00000192. The Bertz CT molecular complexity index is 767. The first kappa shape index (κ1) is 18.0. The minimum absolute atomic E-state index is 0. The third kappa shape index (κ3) is 4.14. The number of thiazole rings is 1. The van der Waals surface area contributed by atoms with Crippen molar-refractivity contribution in [3.05, 3.63) is 64.5 Å². The first-order valence-electron chi connectivity index (χ1n) is 7.28. The normalized spacial score (nSPS) is 10.2. The van der Waals surface area contributed by atoms with E-state index < -0.39 is 0 Å². The van der Waals surface area contributed by atoms with Crippen LogP contribution in [0, 0.1) is 6.92 Å². The Morgan fingerprint density at radius 3 is 2.30 bits per heavy atom. The first-order chi connectivity index (χ1) is 10.7. The molecule has 0 unspecified atom stereocenters. The van der Waals surface area contributed by atoms with Crippen LogP contribution in [0.5, 0.6) is 0 Å². The standard InChI is InChI=1S/C18H17ClN2S.BrH/c1-3-21-17(14-6-8-15(19)9-7-14)12-22-18(21)20-16-10-4-13(2)5-11-16;/h4-12H,3H2,1-2H3;1H. The molecule has 0 radical (unpaired) electrons. The number of nitrogens with zero attached hydrogens (tertiary/aromatic N) is 1. The molecule has 0 aliphatic heterocycles. The highest BCUT2D eigenvalue weighted by Gasteiger charge is 2.18. The van der Waals surface area contributed by atoms with Crippen molar-refractivity contribution in [2.75, 3.05) is 5.32 Å². The quantitative estimate of drug-likeness (QED) is 0.655. The van der Waals surface area contributed by atoms with E-state index in [2.05, 4.69) is 65.5 Å². The number of aryl methyl sites for hydroxylation is 1. The van der Waals surface area contributed by atoms with Gasteiger partial charge in [0, 0.05) is 16.0 Å². The van der Waals surface area contributed by atoms with E-state index >= 15 is 0 Å². The highest BCUT2D eigenvalue weighted by molar-refractivity contribution is 7.13. The van der Waals surface area contributed by atoms with E-state index in [1.165, 1.54) is 16.8 Å². The molecule has 0 bridgehead atoms. The number of aromatic nitrogens is 1. The van der Waals surface area contributed by atoms with Crippen LogP contribution in [0.2, 0.25) is 5.02 Å². The maximum atomic E-state index is 5.98. The largest absolute Gasteiger partial charge is 1.00 e. The van der Waals surface area contributed by atoms with Gasteiger partial charge in [-0.15, -0.1) is 0 Å². The van der Waals surface area contributed by atoms with Crippen LogP contribution in [0.3, 0.4) is 0 Å². The molecule has 0 aliphatic rings. The molecule has 0 saturated heterocycles. The molecule has 3 aromatic rings. The maximum Gasteiger partial charge on any atom is 0.339 e. The topological polar surface area (TPSA) is 15.9 Å². The van der Waals surface area contributed by atoms with Gasteiger partial charge in [0.15, 0.2) is 0 Å². The van der Waals surface area contributed by atoms with Crippen molar-refractivity contribution in [2.24, 2.45) is 0 Å². The molecule has 5 heteroatoms. The summed E-state index contributed by atoms with van der Waals surface area (Å²) in [5, 5.41) is 7.59. The number of hydrogen-bond donors (Lipinski definition) is 1. The van der Waals surface area contributed by atoms with E-state index in [4.69, 9.17) is 11.6 Å². The Hall–Kier alpha value is -1.36. The van der Waals surface area contributed by atoms with Crippen LogP contribution in [0.25, 0.3) is 11.3 Å². The third-order valence-corrected chi connectivity index (χ3v) is 4.72. The number of halogens is 2. The van der Waals surface area contributed by atoms with Gasteiger partial charge in [-0.25, -0.2) is 9.88 Å². The molecule has 23 heavy (non-hydrogen) atoms. The number of anilines is 2. The van der Waals surface area contributed by atoms with Crippen molar-refractivity contribution in [3.63, 3.8) is 0 Å². The summed E-state index contributed by atoms with van der Waals surface area (Å²) in [5.41, 5.74) is 4.76. The minimum Gasteiger partial charge on any atom is -1.00 e. The summed E-state index contributed by atoms with van der Waals surface area (Å²) >= 11 is 7.70. The molecule has 1 N–H and O–H groups in total. The average molecular weight is 410 g/mol. The molecule has 2 aromatic carbocycles. The van der Waals surface area contributed by atoms with E-state index in [0.29, 0.717) is 0 Å². The van der Waals surface area contributed by atoms with Gasteiger partial charge in [-0.3, -0.25) is 0 Å². The van der Waals surface area contributed by atoms with Gasteiger partial charge in [0.1, 0.15) is 11.4 Å². The minimum atomic E-state index is 0. The van der Waals surface area contributed by atoms with Crippen molar-refractivity contribution >= 4 is 33.8 Å². The lowest BCUT2D eigenvalue weighted by atomic mass is 10.2. The lowest BCUT2D eigenvalue weighted by Gasteiger charge is -2.04. The van der Waals surface area contributed by atoms with Gasteiger partial charge in [-0.05, 0) is 50.2 Å². The molecule has 1 heterocycles. The fourth-order valence-corrected chi connectivity index (χ4v) is 3.51. The van der Waals surface area contributed by atoms with Crippen LogP contribution < -0.4 is 26.9 Å². The van der Waals surface area contributed by atoms with Gasteiger partial charge in [-0.1, -0.05) is 40.6 Å². The summed E-state index contributed by atoms with van der Waals surface area (Å²) in [6.07, 6.45) is 0. The van der Waals surface area contributed by atoms with Gasteiger partial charge in [0.05, 0.1) is 6.54 Å². The molecule has 3 rings (SSSR count). The predicted molar refractivity (Wildman–Crippen MR) is 95.1 cm³/mol. The highest BCUT2D eigenvalue weighted by atomic mass is 79.9. The van der Waals surface area contributed by atoms with E-state index in [9.17, 15) is 0 Å². The fraction of sp³-hybridized carbons (Fsp3) is 0.167. The fourth-order valence-electron chi connectivity index (χ4n) is 2.36. The highest BCUT2D eigenvalue weighted by Crippen LogP contribution is 2.26. The smallest absolute Gasteiger partial charge is 0.339 e. The van der Waals surface area contributed by atoms with Crippen LogP contribution in [0.4, 0.5) is 10.8 Å². The predicted octanol–water partition coefficient (Wildman–Crippen LogP) is 2.43. The van der Waals surface area contributed by atoms with Gasteiger partial charge in [-0.2, -0.15) is 0 Å². The second kappa shape index (κ2) is 7.95. The Morgan fingerprint density at radius 1 is 1.04 bits per heavy atom. The zero-order valence-electron chi connectivity index (χ0n) is 13.0. The summed E-state index contributed by atoms with van der Waals surface area (Å²) in [5.74, 6) is 0. The summed E-state index contributed by atoms with van der Waals surface area (Å²) in [6.45, 7) is 5.17.